The van der Waals surface area contributed by atoms with Gasteiger partial charge in [-0.15, -0.1) is 10.2 Å². The van der Waals surface area contributed by atoms with Gasteiger partial charge in [-0.1, -0.05) is 31.5 Å². The first-order chi connectivity index (χ1) is 15.6. The van der Waals surface area contributed by atoms with E-state index < -0.39 is 0 Å². The molecule has 32 heavy (non-hydrogen) atoms. The lowest BCUT2D eigenvalue weighted by Crippen LogP contribution is -2.37. The van der Waals surface area contributed by atoms with Crippen molar-refractivity contribution in [3.63, 3.8) is 0 Å². The van der Waals surface area contributed by atoms with Gasteiger partial charge < -0.3 is 10.1 Å². The molecule has 0 saturated heterocycles. The molecule has 1 N–H and O–H groups in total. The van der Waals surface area contributed by atoms with Gasteiger partial charge in [0.2, 0.25) is 5.88 Å². The average Bonchev–Trinajstić information content (AvgIpc) is 3.11. The first-order valence-electron chi connectivity index (χ1n) is 11.6. The van der Waals surface area contributed by atoms with Crippen LogP contribution < -0.4 is 10.1 Å². The molecule has 1 saturated carbocycles. The van der Waals surface area contributed by atoms with Crippen molar-refractivity contribution in [1.82, 2.24) is 25.1 Å². The fraction of sp³-hybridized carbons (Fsp3) is 0.480. The van der Waals surface area contributed by atoms with Crippen molar-refractivity contribution >= 4 is 11.6 Å². The summed E-state index contributed by atoms with van der Waals surface area (Å²) in [5, 5.41) is 13.8. The standard InChI is InChI=1S/C25H30ClN5O/c1-16(2)28-20-14-18-13-19(26)8-11-22(18)31-23(15-20)29-30-25(31)17-6-9-21(10-7-17)32-24-5-3-4-12-27-24/h3-5,8,11-13,16-17,20-21,28H,6-7,9-10,14-15H2,1-2H3. The van der Waals surface area contributed by atoms with Crippen LogP contribution in [-0.2, 0) is 12.8 Å². The molecule has 2 aromatic heterocycles. The highest BCUT2D eigenvalue weighted by molar-refractivity contribution is 6.30. The Balaban J connectivity index is 1.39. The normalized spacial score (nSPS) is 22.8. The van der Waals surface area contributed by atoms with Gasteiger partial charge in [-0.05, 0) is 61.9 Å². The summed E-state index contributed by atoms with van der Waals surface area (Å²) in [5.41, 5.74) is 2.42. The van der Waals surface area contributed by atoms with Crippen LogP contribution in [0, 0.1) is 0 Å². The zero-order valence-corrected chi connectivity index (χ0v) is 19.4. The van der Waals surface area contributed by atoms with Crippen molar-refractivity contribution in [2.45, 2.75) is 76.5 Å². The summed E-state index contributed by atoms with van der Waals surface area (Å²) in [6, 6.07) is 12.7. The van der Waals surface area contributed by atoms with Crippen LogP contribution in [0.5, 0.6) is 5.88 Å². The van der Waals surface area contributed by atoms with Crippen molar-refractivity contribution in [1.29, 1.82) is 0 Å². The van der Waals surface area contributed by atoms with E-state index in [1.807, 2.05) is 24.3 Å². The molecule has 7 heteroatoms. The molecule has 1 fully saturated rings. The third-order valence-corrected chi connectivity index (χ3v) is 6.70. The van der Waals surface area contributed by atoms with E-state index in [0.29, 0.717) is 23.9 Å². The number of halogens is 1. The molecule has 2 aliphatic rings. The second kappa shape index (κ2) is 9.20. The highest BCUT2D eigenvalue weighted by Crippen LogP contribution is 2.37. The molecule has 0 amide bonds. The number of ether oxygens (including phenoxy) is 1. The van der Waals surface area contributed by atoms with Crippen LogP contribution in [0.25, 0.3) is 5.69 Å². The predicted octanol–water partition coefficient (Wildman–Crippen LogP) is 4.89. The Morgan fingerprint density at radius 2 is 1.91 bits per heavy atom. The minimum absolute atomic E-state index is 0.207. The van der Waals surface area contributed by atoms with Crippen LogP contribution in [0.3, 0.4) is 0 Å². The summed E-state index contributed by atoms with van der Waals surface area (Å²) in [7, 11) is 0. The van der Waals surface area contributed by atoms with Gasteiger partial charge in [0.1, 0.15) is 17.8 Å². The van der Waals surface area contributed by atoms with Crippen molar-refractivity contribution in [3.8, 4) is 11.6 Å². The lowest BCUT2D eigenvalue weighted by atomic mass is 9.86. The fourth-order valence-electron chi connectivity index (χ4n) is 5.10. The first-order valence-corrected chi connectivity index (χ1v) is 12.0. The maximum atomic E-state index is 6.38. The molecule has 0 radical (unpaired) electrons. The van der Waals surface area contributed by atoms with E-state index >= 15 is 0 Å². The smallest absolute Gasteiger partial charge is 0.213 e. The Labute approximate surface area is 194 Å². The third-order valence-electron chi connectivity index (χ3n) is 6.47. The Kier molecular flexibility index (Phi) is 6.15. The van der Waals surface area contributed by atoms with Gasteiger partial charge in [0.05, 0.1) is 5.69 Å². The van der Waals surface area contributed by atoms with Crippen LogP contribution in [0.1, 0.15) is 62.7 Å². The number of nitrogens with zero attached hydrogens (tertiary/aromatic N) is 4. The van der Waals surface area contributed by atoms with E-state index in [1.54, 1.807) is 6.20 Å². The van der Waals surface area contributed by atoms with E-state index in [4.69, 9.17) is 21.4 Å². The summed E-state index contributed by atoms with van der Waals surface area (Å²) < 4.78 is 8.40. The van der Waals surface area contributed by atoms with Gasteiger partial charge in [-0.3, -0.25) is 4.57 Å². The van der Waals surface area contributed by atoms with Crippen molar-refractivity contribution in [2.24, 2.45) is 0 Å². The second-order valence-corrected chi connectivity index (χ2v) is 9.71. The predicted molar refractivity (Wildman–Crippen MR) is 126 cm³/mol. The summed E-state index contributed by atoms with van der Waals surface area (Å²) >= 11 is 6.38. The Morgan fingerprint density at radius 1 is 1.06 bits per heavy atom. The van der Waals surface area contributed by atoms with Crippen LogP contribution in [-0.4, -0.2) is 37.9 Å². The maximum Gasteiger partial charge on any atom is 0.213 e. The Morgan fingerprint density at radius 3 is 2.66 bits per heavy atom. The number of fused-ring (bicyclic) bond motifs is 3. The summed E-state index contributed by atoms with van der Waals surface area (Å²) in [6.45, 7) is 4.37. The zero-order valence-electron chi connectivity index (χ0n) is 18.7. The molecular weight excluding hydrogens is 422 g/mol. The topological polar surface area (TPSA) is 64.9 Å². The number of aromatic nitrogens is 4. The van der Waals surface area contributed by atoms with E-state index in [9.17, 15) is 0 Å². The maximum absolute atomic E-state index is 6.38. The van der Waals surface area contributed by atoms with Crippen LogP contribution in [0.2, 0.25) is 5.02 Å². The fourth-order valence-corrected chi connectivity index (χ4v) is 5.29. The molecule has 1 atom stereocenters. The molecular formula is C25H30ClN5O. The first kappa shape index (κ1) is 21.4. The van der Waals surface area contributed by atoms with Gasteiger partial charge in [0.15, 0.2) is 0 Å². The molecule has 1 aromatic carbocycles. The number of nitrogens with one attached hydrogen (secondary N) is 1. The molecule has 5 rings (SSSR count). The molecule has 168 valence electrons. The van der Waals surface area contributed by atoms with Gasteiger partial charge in [-0.25, -0.2) is 4.98 Å². The highest BCUT2D eigenvalue weighted by Gasteiger charge is 2.31. The highest BCUT2D eigenvalue weighted by atomic mass is 35.5. The molecule has 3 heterocycles. The third kappa shape index (κ3) is 4.52. The number of pyridine rings is 1. The molecule has 3 aromatic rings. The molecule has 0 bridgehead atoms. The summed E-state index contributed by atoms with van der Waals surface area (Å²) in [4.78, 5) is 4.30. The van der Waals surface area contributed by atoms with E-state index in [0.717, 1.165) is 55.2 Å². The van der Waals surface area contributed by atoms with E-state index in [1.165, 1.54) is 11.3 Å². The van der Waals surface area contributed by atoms with Gasteiger partial charge in [0, 0.05) is 41.7 Å². The summed E-state index contributed by atoms with van der Waals surface area (Å²) in [5.74, 6) is 3.19. The van der Waals surface area contributed by atoms with Crippen molar-refractivity contribution < 1.29 is 4.74 Å². The van der Waals surface area contributed by atoms with Crippen molar-refractivity contribution in [3.05, 3.63) is 64.8 Å². The number of hydrogen-bond donors (Lipinski definition) is 1. The lowest BCUT2D eigenvalue weighted by Gasteiger charge is -2.28. The lowest BCUT2D eigenvalue weighted by molar-refractivity contribution is 0.139. The number of rotatable bonds is 5. The minimum Gasteiger partial charge on any atom is -0.474 e. The van der Waals surface area contributed by atoms with Crippen LogP contribution in [0.4, 0.5) is 0 Å². The largest absolute Gasteiger partial charge is 0.474 e. The van der Waals surface area contributed by atoms with Gasteiger partial charge in [-0.2, -0.15) is 0 Å². The number of benzene rings is 1. The van der Waals surface area contributed by atoms with Crippen molar-refractivity contribution in [2.75, 3.05) is 0 Å². The zero-order chi connectivity index (χ0) is 22.1. The van der Waals surface area contributed by atoms with Crippen LogP contribution in [0.15, 0.2) is 42.6 Å². The number of hydrogen-bond acceptors (Lipinski definition) is 5. The Hall–Kier alpha value is -2.44. The molecule has 0 spiro atoms. The van der Waals surface area contributed by atoms with Gasteiger partial charge in [0.25, 0.3) is 0 Å². The SMILES string of the molecule is CC(C)NC1Cc2cc(Cl)ccc2-n2c(nnc2C2CCC(Oc3ccccn3)CC2)C1. The molecule has 1 aliphatic carbocycles. The second-order valence-electron chi connectivity index (χ2n) is 9.27. The quantitative estimate of drug-likeness (QED) is 0.598. The molecule has 1 unspecified atom stereocenters. The molecule has 6 nitrogen and oxygen atoms in total. The monoisotopic (exact) mass is 451 g/mol. The van der Waals surface area contributed by atoms with E-state index in [-0.39, 0.29) is 6.10 Å². The Bertz CT molecular complexity index is 1060. The van der Waals surface area contributed by atoms with Gasteiger partial charge >= 0.3 is 0 Å². The van der Waals surface area contributed by atoms with Crippen LogP contribution >= 0.6 is 11.6 Å². The minimum atomic E-state index is 0.207. The summed E-state index contributed by atoms with van der Waals surface area (Å²) in [6.07, 6.45) is 7.83. The van der Waals surface area contributed by atoms with E-state index in [2.05, 4.69) is 45.9 Å². The molecule has 1 aliphatic heterocycles. The average molecular weight is 452 g/mol.